The second-order valence-corrected chi connectivity index (χ2v) is 29.1. The molecule has 8 nitrogen and oxygen atoms in total. The molecule has 0 rings (SSSR count). The van der Waals surface area contributed by atoms with Gasteiger partial charge in [0.1, 0.15) is 13.2 Å². The molecule has 0 radical (unpaired) electrons. The standard InChI is InChI=1S/C81H151N2O6P/c1-6-8-10-12-14-16-18-20-22-24-26-28-30-32-34-35-36-37-38-39-40-41-42-43-44-45-46-47-49-51-53-55-57-59-61-63-65-67-69-71-73-75-81(85)82-79(78-89-90(86,87)88-77-76-83(3,4)5)80(84)74-72-70-68-66-64-62-60-58-56-54-52-50-48-33-31-29-27-25-23-21-19-17-15-13-11-9-7-2/h8,10,14,16,20,22,26,28,56,58,64,66,72,74,79-80,84H,6-7,9,11-13,15,17-19,21,23-25,27,29-55,57,59-63,65,67-71,73,75-78H2,1-5H3,(H-,82,85,86,87)/b10-8-,16-14-,22-20-,28-26-,58-56+,66-64+,74-72+. The Morgan fingerprint density at radius 1 is 0.400 bits per heavy atom. The topological polar surface area (TPSA) is 108 Å². The van der Waals surface area contributed by atoms with Gasteiger partial charge in [-0.1, -0.05) is 369 Å². The van der Waals surface area contributed by atoms with Gasteiger partial charge in [0.2, 0.25) is 5.91 Å². The summed E-state index contributed by atoms with van der Waals surface area (Å²) >= 11 is 0. The number of nitrogens with zero attached hydrogens (tertiary/aromatic N) is 1. The van der Waals surface area contributed by atoms with Gasteiger partial charge < -0.3 is 28.8 Å². The molecule has 526 valence electrons. The first-order valence-corrected chi connectivity index (χ1v) is 40.4. The summed E-state index contributed by atoms with van der Waals surface area (Å²) in [6.45, 7) is 4.55. The van der Waals surface area contributed by atoms with E-state index in [-0.39, 0.29) is 12.5 Å². The van der Waals surface area contributed by atoms with E-state index in [0.717, 1.165) is 70.6 Å². The van der Waals surface area contributed by atoms with Gasteiger partial charge in [-0.15, -0.1) is 0 Å². The lowest BCUT2D eigenvalue weighted by molar-refractivity contribution is -0.870. The number of unbranched alkanes of at least 4 members (excludes halogenated alkanes) is 47. The van der Waals surface area contributed by atoms with Crippen molar-refractivity contribution in [2.45, 2.75) is 386 Å². The fourth-order valence-corrected chi connectivity index (χ4v) is 12.3. The highest BCUT2D eigenvalue weighted by Crippen LogP contribution is 2.38. The van der Waals surface area contributed by atoms with Crippen LogP contribution in [0, 0.1) is 0 Å². The number of quaternary nitrogens is 1. The first-order chi connectivity index (χ1) is 44.0. The second kappa shape index (κ2) is 71.0. The number of nitrogens with one attached hydrogen (secondary N) is 1. The fourth-order valence-electron chi connectivity index (χ4n) is 11.6. The Morgan fingerprint density at radius 2 is 0.689 bits per heavy atom. The maximum atomic E-state index is 13.1. The zero-order valence-corrected chi connectivity index (χ0v) is 61.2. The third kappa shape index (κ3) is 73.1. The highest BCUT2D eigenvalue weighted by Gasteiger charge is 2.23. The van der Waals surface area contributed by atoms with Gasteiger partial charge in [0, 0.05) is 6.42 Å². The number of aliphatic hydroxyl groups is 1. The smallest absolute Gasteiger partial charge is 0.268 e. The predicted molar refractivity (Wildman–Crippen MR) is 394 cm³/mol. The Hall–Kier alpha value is -2.32. The molecule has 0 aliphatic rings. The van der Waals surface area contributed by atoms with Crippen LogP contribution in [0.5, 0.6) is 0 Å². The van der Waals surface area contributed by atoms with Crippen molar-refractivity contribution in [1.29, 1.82) is 0 Å². The van der Waals surface area contributed by atoms with Gasteiger partial charge in [-0.25, -0.2) is 0 Å². The highest BCUT2D eigenvalue weighted by atomic mass is 31.2. The fraction of sp³-hybridized carbons (Fsp3) is 0.815. The number of carbonyl (C=O) groups excluding carboxylic acids is 1. The van der Waals surface area contributed by atoms with Gasteiger partial charge in [-0.3, -0.25) is 9.36 Å². The Morgan fingerprint density at radius 3 is 1.03 bits per heavy atom. The van der Waals surface area contributed by atoms with Crippen LogP contribution in [0.15, 0.2) is 85.1 Å². The van der Waals surface area contributed by atoms with E-state index in [4.69, 9.17) is 9.05 Å². The van der Waals surface area contributed by atoms with E-state index in [0.29, 0.717) is 17.4 Å². The molecule has 0 heterocycles. The summed E-state index contributed by atoms with van der Waals surface area (Å²) in [5.74, 6) is -0.205. The molecule has 0 aromatic rings. The number of carbonyl (C=O) groups is 1. The summed E-state index contributed by atoms with van der Waals surface area (Å²) in [7, 11) is 1.25. The van der Waals surface area contributed by atoms with E-state index in [9.17, 15) is 19.4 Å². The third-order valence-electron chi connectivity index (χ3n) is 17.6. The molecule has 3 atom stereocenters. The quantitative estimate of drug-likeness (QED) is 0.0272. The van der Waals surface area contributed by atoms with E-state index < -0.39 is 26.6 Å². The molecular weight excluding hydrogens is 1130 g/mol. The number of allylic oxidation sites excluding steroid dienone is 13. The Labute approximate surface area is 560 Å². The zero-order valence-electron chi connectivity index (χ0n) is 60.3. The second-order valence-electron chi connectivity index (χ2n) is 27.7. The van der Waals surface area contributed by atoms with Crippen molar-refractivity contribution < 1.29 is 32.9 Å². The lowest BCUT2D eigenvalue weighted by atomic mass is 10.0. The van der Waals surface area contributed by atoms with E-state index in [1.165, 1.54) is 283 Å². The molecule has 0 aliphatic heterocycles. The molecule has 0 bridgehead atoms. The van der Waals surface area contributed by atoms with E-state index in [1.807, 2.05) is 27.2 Å². The van der Waals surface area contributed by atoms with Gasteiger partial charge in [0.25, 0.3) is 7.82 Å². The normalized spacial score (nSPS) is 14.0. The number of aliphatic hydroxyl groups excluding tert-OH is 1. The van der Waals surface area contributed by atoms with E-state index in [2.05, 4.69) is 92.1 Å². The maximum Gasteiger partial charge on any atom is 0.268 e. The molecule has 0 spiro atoms. The number of likely N-dealkylation sites (N-methyl/N-ethyl adjacent to an activating group) is 1. The number of amides is 1. The average Bonchev–Trinajstić information content (AvgIpc) is 3.09. The minimum Gasteiger partial charge on any atom is -0.756 e. The molecule has 0 saturated carbocycles. The molecule has 1 amide bonds. The Bertz CT molecular complexity index is 1750. The molecule has 9 heteroatoms. The van der Waals surface area contributed by atoms with Gasteiger partial charge >= 0.3 is 0 Å². The summed E-state index contributed by atoms with van der Waals surface area (Å²) in [6.07, 6.45) is 102. The van der Waals surface area contributed by atoms with Crippen LogP contribution in [-0.2, 0) is 18.4 Å². The number of hydrogen-bond donors (Lipinski definition) is 2. The van der Waals surface area contributed by atoms with Crippen molar-refractivity contribution in [2.24, 2.45) is 0 Å². The summed E-state index contributed by atoms with van der Waals surface area (Å²) in [5, 5.41) is 14.0. The van der Waals surface area contributed by atoms with Crippen molar-refractivity contribution in [2.75, 3.05) is 40.9 Å². The molecule has 0 aliphatic carbocycles. The van der Waals surface area contributed by atoms with Crippen molar-refractivity contribution in [1.82, 2.24) is 5.32 Å². The lowest BCUT2D eigenvalue weighted by Gasteiger charge is -2.29. The Kier molecular flexibility index (Phi) is 69.2. The van der Waals surface area contributed by atoms with E-state index >= 15 is 0 Å². The molecule has 3 unspecified atom stereocenters. The first kappa shape index (κ1) is 87.7. The van der Waals surface area contributed by atoms with Crippen molar-refractivity contribution in [3.63, 3.8) is 0 Å². The van der Waals surface area contributed by atoms with Gasteiger partial charge in [0.05, 0.1) is 39.9 Å². The van der Waals surface area contributed by atoms with Crippen molar-refractivity contribution in [3.8, 4) is 0 Å². The van der Waals surface area contributed by atoms with Gasteiger partial charge in [0.15, 0.2) is 0 Å². The van der Waals surface area contributed by atoms with Gasteiger partial charge in [-0.2, -0.15) is 0 Å². The number of rotatable bonds is 72. The van der Waals surface area contributed by atoms with Crippen molar-refractivity contribution >= 4 is 13.7 Å². The number of phosphoric acid groups is 1. The minimum absolute atomic E-state index is 0.00907. The monoisotopic (exact) mass is 1280 g/mol. The Balaban J connectivity index is 3.97. The van der Waals surface area contributed by atoms with Crippen molar-refractivity contribution in [3.05, 3.63) is 85.1 Å². The predicted octanol–water partition coefficient (Wildman–Crippen LogP) is 24.8. The van der Waals surface area contributed by atoms with Crippen LogP contribution in [0.4, 0.5) is 0 Å². The molecular formula is C81H151N2O6P. The van der Waals surface area contributed by atoms with Crippen LogP contribution >= 0.6 is 7.82 Å². The largest absolute Gasteiger partial charge is 0.756 e. The summed E-state index contributed by atoms with van der Waals surface area (Å²) in [5.41, 5.74) is 0. The lowest BCUT2D eigenvalue weighted by Crippen LogP contribution is -2.45. The van der Waals surface area contributed by atoms with Gasteiger partial charge in [-0.05, 0) is 83.5 Å². The van der Waals surface area contributed by atoms with Crippen LogP contribution in [0.2, 0.25) is 0 Å². The molecule has 2 N–H and O–H groups in total. The number of hydrogen-bond acceptors (Lipinski definition) is 6. The molecule has 0 aromatic carbocycles. The minimum atomic E-state index is -4.62. The summed E-state index contributed by atoms with van der Waals surface area (Å²) in [4.78, 5) is 25.7. The third-order valence-corrected chi connectivity index (χ3v) is 18.5. The van der Waals surface area contributed by atoms with Crippen LogP contribution in [0.25, 0.3) is 0 Å². The van der Waals surface area contributed by atoms with Crippen LogP contribution in [0.1, 0.15) is 373 Å². The van der Waals surface area contributed by atoms with Crippen LogP contribution in [-0.4, -0.2) is 68.5 Å². The molecule has 0 fully saturated rings. The van der Waals surface area contributed by atoms with Crippen LogP contribution in [0.3, 0.4) is 0 Å². The molecule has 0 saturated heterocycles. The zero-order chi connectivity index (χ0) is 65.5. The highest BCUT2D eigenvalue weighted by molar-refractivity contribution is 7.45. The summed E-state index contributed by atoms with van der Waals surface area (Å²) < 4.78 is 23.5. The first-order valence-electron chi connectivity index (χ1n) is 38.9. The SMILES string of the molecule is CC/C=C\C/C=C\C/C=C\C/C=C\CCCCCCCCCCCCCCCCCCCCCCCCCCCCCCC(=O)NC(COP(=O)([O-])OCC[N+](C)(C)C)C(O)/C=C/CC/C=C/CC/C=C/CCCCCCCCCCCCCCCCCCC. The molecule has 90 heavy (non-hydrogen) atoms. The van der Waals surface area contributed by atoms with Crippen LogP contribution < -0.4 is 10.2 Å². The van der Waals surface area contributed by atoms with E-state index in [1.54, 1.807) is 6.08 Å². The number of phosphoric ester groups is 1. The molecule has 0 aromatic heterocycles. The maximum absolute atomic E-state index is 13.1. The summed E-state index contributed by atoms with van der Waals surface area (Å²) in [6, 6.07) is -0.913. The average molecular weight is 1280 g/mol.